The van der Waals surface area contributed by atoms with Gasteiger partial charge in [-0.3, -0.25) is 4.79 Å². The molecule has 0 aliphatic carbocycles. The Kier molecular flexibility index (Phi) is 1.72. The fraction of sp³-hybridized carbons (Fsp3) is 0.300. The molecule has 0 spiro atoms. The minimum atomic E-state index is 0.0634. The van der Waals surface area contributed by atoms with Crippen molar-refractivity contribution in [2.24, 2.45) is 7.05 Å². The summed E-state index contributed by atoms with van der Waals surface area (Å²) in [7, 11) is 1.76. The highest BCUT2D eigenvalue weighted by Gasteiger charge is 2.04. The molecule has 0 amide bonds. The molecule has 1 N–H and O–H groups in total. The van der Waals surface area contributed by atoms with E-state index in [0.717, 1.165) is 22.9 Å². The summed E-state index contributed by atoms with van der Waals surface area (Å²) in [6.07, 6.45) is 4.52. The van der Waals surface area contributed by atoms with Crippen molar-refractivity contribution in [3.63, 3.8) is 0 Å². The normalized spacial score (nSPS) is 10.9. The van der Waals surface area contributed by atoms with Crippen LogP contribution in [0.5, 0.6) is 0 Å². The summed E-state index contributed by atoms with van der Waals surface area (Å²) in [4.78, 5) is 14.7. The first kappa shape index (κ1) is 8.10. The molecular formula is C10H12N2O. The lowest BCUT2D eigenvalue weighted by molar-refractivity contribution is 0.873. The smallest absolute Gasteiger partial charge is 0.259 e. The summed E-state index contributed by atoms with van der Waals surface area (Å²) in [5.74, 6) is 0. The number of aromatic amines is 1. The highest BCUT2D eigenvalue weighted by molar-refractivity contribution is 5.84. The first-order valence-corrected chi connectivity index (χ1v) is 4.39. The lowest BCUT2D eigenvalue weighted by Crippen LogP contribution is -2.14. The largest absolute Gasteiger partial charge is 0.364 e. The molecule has 2 heterocycles. The van der Waals surface area contributed by atoms with Crippen molar-refractivity contribution in [1.82, 2.24) is 9.55 Å². The van der Waals surface area contributed by atoms with Crippen molar-refractivity contribution in [3.05, 3.63) is 34.5 Å². The monoisotopic (exact) mass is 176 g/mol. The number of aromatic nitrogens is 2. The topological polar surface area (TPSA) is 37.8 Å². The second-order valence-electron chi connectivity index (χ2n) is 3.18. The molecule has 3 heteroatoms. The SMILES string of the molecule is CCc1[nH]cc2c(=O)n(C)ccc12. The molecule has 3 nitrogen and oxygen atoms in total. The van der Waals surface area contributed by atoms with Crippen LogP contribution in [0.25, 0.3) is 10.8 Å². The number of pyridine rings is 1. The van der Waals surface area contributed by atoms with Crippen molar-refractivity contribution in [2.45, 2.75) is 13.3 Å². The Labute approximate surface area is 76.0 Å². The van der Waals surface area contributed by atoms with Gasteiger partial charge in [-0.25, -0.2) is 0 Å². The number of hydrogen-bond donors (Lipinski definition) is 1. The molecule has 0 atom stereocenters. The quantitative estimate of drug-likeness (QED) is 0.701. The number of nitrogens with zero attached hydrogens (tertiary/aromatic N) is 1. The second kappa shape index (κ2) is 2.76. The highest BCUT2D eigenvalue weighted by Crippen LogP contribution is 2.14. The van der Waals surface area contributed by atoms with Crippen LogP contribution < -0.4 is 5.56 Å². The van der Waals surface area contributed by atoms with Gasteiger partial charge in [0.1, 0.15) is 0 Å². The number of rotatable bonds is 1. The Morgan fingerprint density at radius 3 is 2.92 bits per heavy atom. The van der Waals surface area contributed by atoms with E-state index in [4.69, 9.17) is 0 Å². The van der Waals surface area contributed by atoms with E-state index >= 15 is 0 Å². The van der Waals surface area contributed by atoms with Gasteiger partial charge >= 0.3 is 0 Å². The van der Waals surface area contributed by atoms with E-state index in [1.807, 2.05) is 6.07 Å². The zero-order chi connectivity index (χ0) is 9.42. The maximum Gasteiger partial charge on any atom is 0.259 e. The van der Waals surface area contributed by atoms with E-state index in [2.05, 4.69) is 11.9 Å². The molecule has 2 rings (SSSR count). The third-order valence-electron chi connectivity index (χ3n) is 2.38. The maximum atomic E-state index is 11.6. The van der Waals surface area contributed by atoms with Gasteiger partial charge in [0.25, 0.3) is 5.56 Å². The van der Waals surface area contributed by atoms with E-state index in [0.29, 0.717) is 0 Å². The molecule has 0 saturated heterocycles. The zero-order valence-corrected chi connectivity index (χ0v) is 7.79. The number of hydrogen-bond acceptors (Lipinski definition) is 1. The van der Waals surface area contributed by atoms with Gasteiger partial charge in [0.2, 0.25) is 0 Å². The van der Waals surface area contributed by atoms with Crippen molar-refractivity contribution in [2.75, 3.05) is 0 Å². The minimum Gasteiger partial charge on any atom is -0.364 e. The molecule has 0 saturated carbocycles. The Morgan fingerprint density at radius 2 is 2.23 bits per heavy atom. The van der Waals surface area contributed by atoms with Crippen LogP contribution in [0.3, 0.4) is 0 Å². The highest BCUT2D eigenvalue weighted by atomic mass is 16.1. The van der Waals surface area contributed by atoms with Gasteiger partial charge in [-0.05, 0) is 12.5 Å². The van der Waals surface area contributed by atoms with Crippen LogP contribution in [0.2, 0.25) is 0 Å². The van der Waals surface area contributed by atoms with E-state index in [9.17, 15) is 4.79 Å². The van der Waals surface area contributed by atoms with E-state index in [1.165, 1.54) is 0 Å². The van der Waals surface area contributed by atoms with Crippen molar-refractivity contribution in [1.29, 1.82) is 0 Å². The first-order valence-electron chi connectivity index (χ1n) is 4.39. The first-order chi connectivity index (χ1) is 6.24. The van der Waals surface area contributed by atoms with Crippen LogP contribution in [-0.4, -0.2) is 9.55 Å². The Morgan fingerprint density at radius 1 is 1.46 bits per heavy atom. The van der Waals surface area contributed by atoms with E-state index < -0.39 is 0 Å². The summed E-state index contributed by atoms with van der Waals surface area (Å²) in [6, 6.07) is 1.98. The van der Waals surface area contributed by atoms with Gasteiger partial charge in [-0.2, -0.15) is 0 Å². The number of fused-ring (bicyclic) bond motifs is 1. The molecule has 0 fully saturated rings. The van der Waals surface area contributed by atoms with Crippen LogP contribution >= 0.6 is 0 Å². The van der Waals surface area contributed by atoms with Crippen LogP contribution in [-0.2, 0) is 13.5 Å². The number of nitrogens with one attached hydrogen (secondary N) is 1. The third-order valence-corrected chi connectivity index (χ3v) is 2.38. The van der Waals surface area contributed by atoms with E-state index in [1.54, 1.807) is 24.0 Å². The standard InChI is InChI=1S/C10H12N2O/c1-3-9-7-4-5-12(2)10(13)8(7)6-11-9/h4-6,11H,3H2,1-2H3. The summed E-state index contributed by atoms with van der Waals surface area (Å²) in [5, 5.41) is 1.83. The molecule has 13 heavy (non-hydrogen) atoms. The van der Waals surface area contributed by atoms with Crippen LogP contribution in [0.15, 0.2) is 23.3 Å². The summed E-state index contributed by atoms with van der Waals surface area (Å²) in [6.45, 7) is 2.07. The van der Waals surface area contributed by atoms with Gasteiger partial charge in [0.15, 0.2) is 0 Å². The fourth-order valence-electron chi connectivity index (χ4n) is 1.58. The Balaban J connectivity index is 2.89. The number of aryl methyl sites for hydroxylation is 2. The summed E-state index contributed by atoms with van der Waals surface area (Å²) < 4.78 is 1.59. The molecule has 0 bridgehead atoms. The lowest BCUT2D eigenvalue weighted by atomic mass is 10.2. The average molecular weight is 176 g/mol. The third kappa shape index (κ3) is 1.08. The van der Waals surface area contributed by atoms with Gasteiger partial charge in [-0.1, -0.05) is 6.92 Å². The van der Waals surface area contributed by atoms with Gasteiger partial charge in [-0.15, -0.1) is 0 Å². The van der Waals surface area contributed by atoms with Gasteiger partial charge < -0.3 is 9.55 Å². The maximum absolute atomic E-state index is 11.6. The zero-order valence-electron chi connectivity index (χ0n) is 7.79. The molecule has 0 radical (unpaired) electrons. The Hall–Kier alpha value is -1.51. The summed E-state index contributed by atoms with van der Waals surface area (Å²) >= 11 is 0. The molecule has 0 unspecified atom stereocenters. The summed E-state index contributed by atoms with van der Waals surface area (Å²) in [5.41, 5.74) is 1.20. The van der Waals surface area contributed by atoms with Crippen molar-refractivity contribution >= 4 is 10.8 Å². The fourth-order valence-corrected chi connectivity index (χ4v) is 1.58. The molecule has 68 valence electrons. The molecule has 0 aliphatic rings. The van der Waals surface area contributed by atoms with Crippen LogP contribution in [0.1, 0.15) is 12.6 Å². The average Bonchev–Trinajstić information content (AvgIpc) is 2.55. The molecular weight excluding hydrogens is 164 g/mol. The van der Waals surface area contributed by atoms with Crippen LogP contribution in [0, 0.1) is 0 Å². The van der Waals surface area contributed by atoms with Crippen molar-refractivity contribution in [3.8, 4) is 0 Å². The number of H-pyrrole nitrogens is 1. The van der Waals surface area contributed by atoms with E-state index in [-0.39, 0.29) is 5.56 Å². The second-order valence-corrected chi connectivity index (χ2v) is 3.18. The van der Waals surface area contributed by atoms with Crippen molar-refractivity contribution < 1.29 is 0 Å². The minimum absolute atomic E-state index is 0.0634. The van der Waals surface area contributed by atoms with Gasteiger partial charge in [0.05, 0.1) is 5.39 Å². The molecule has 2 aromatic rings. The predicted molar refractivity (Wildman–Crippen MR) is 52.9 cm³/mol. The van der Waals surface area contributed by atoms with Gasteiger partial charge in [0, 0.05) is 30.5 Å². The predicted octanol–water partition coefficient (Wildman–Crippen LogP) is 1.43. The van der Waals surface area contributed by atoms with Crippen LogP contribution in [0.4, 0.5) is 0 Å². The molecule has 0 aliphatic heterocycles. The Bertz CT molecular complexity index is 493. The molecule has 2 aromatic heterocycles. The lowest BCUT2D eigenvalue weighted by Gasteiger charge is -1.97. The molecule has 0 aromatic carbocycles.